The third kappa shape index (κ3) is 2.08. The molecule has 2 heterocycles. The van der Waals surface area contributed by atoms with Crippen molar-refractivity contribution in [3.8, 4) is 0 Å². The second kappa shape index (κ2) is 4.24. The highest BCUT2D eigenvalue weighted by atomic mass is 16.4. The Bertz CT molecular complexity index is 657. The molecule has 0 atom stereocenters. The molecule has 2 aromatic rings. The monoisotopic (exact) mass is 256 g/mol. The van der Waals surface area contributed by atoms with E-state index in [4.69, 9.17) is 10.8 Å². The van der Waals surface area contributed by atoms with Crippen LogP contribution in [0.2, 0.25) is 0 Å². The van der Waals surface area contributed by atoms with Gasteiger partial charge in [0.25, 0.3) is 0 Å². The average molecular weight is 256 g/mol. The Labute approximate surface area is 109 Å². The first-order valence-electron chi connectivity index (χ1n) is 5.82. The van der Waals surface area contributed by atoms with Gasteiger partial charge in [-0.2, -0.15) is 4.98 Å². The van der Waals surface area contributed by atoms with Gasteiger partial charge in [0.05, 0.1) is 5.56 Å². The molecule has 0 aliphatic carbocycles. The van der Waals surface area contributed by atoms with E-state index in [1.807, 2.05) is 11.0 Å². The van der Waals surface area contributed by atoms with E-state index in [0.717, 1.165) is 11.1 Å². The van der Waals surface area contributed by atoms with Crippen LogP contribution in [0.4, 0.5) is 11.8 Å². The van der Waals surface area contributed by atoms with E-state index >= 15 is 0 Å². The van der Waals surface area contributed by atoms with Crippen molar-refractivity contribution in [3.05, 3.63) is 47.2 Å². The van der Waals surface area contributed by atoms with Gasteiger partial charge in [0.2, 0.25) is 5.95 Å². The number of rotatable bonds is 2. The van der Waals surface area contributed by atoms with Crippen LogP contribution in [0.15, 0.2) is 30.5 Å². The molecule has 0 amide bonds. The minimum atomic E-state index is -0.915. The van der Waals surface area contributed by atoms with E-state index in [1.165, 1.54) is 0 Å². The fourth-order valence-electron chi connectivity index (χ4n) is 2.18. The lowest BCUT2D eigenvalue weighted by molar-refractivity contribution is 0.0697. The number of nitrogens with two attached hydrogens (primary N) is 1. The number of aromatic carboxylic acids is 1. The zero-order valence-corrected chi connectivity index (χ0v) is 10.1. The zero-order valence-electron chi connectivity index (χ0n) is 10.1. The third-order valence-electron chi connectivity index (χ3n) is 3.12. The summed E-state index contributed by atoms with van der Waals surface area (Å²) in [5.74, 6) is 0.0710. The number of hydrogen-bond donors (Lipinski definition) is 2. The van der Waals surface area contributed by atoms with Gasteiger partial charge in [-0.1, -0.05) is 6.07 Å². The van der Waals surface area contributed by atoms with E-state index < -0.39 is 5.97 Å². The SMILES string of the molecule is Nc1ccnc(N2Cc3ccc(C(=O)O)cc3C2)n1. The van der Waals surface area contributed by atoms with Gasteiger partial charge in [-0.25, -0.2) is 9.78 Å². The number of nitrogen functional groups attached to an aromatic ring is 1. The molecule has 6 nitrogen and oxygen atoms in total. The molecule has 1 aliphatic heterocycles. The van der Waals surface area contributed by atoms with Crippen molar-refractivity contribution in [2.24, 2.45) is 0 Å². The van der Waals surface area contributed by atoms with Crippen LogP contribution >= 0.6 is 0 Å². The lowest BCUT2D eigenvalue weighted by Crippen LogP contribution is -2.17. The van der Waals surface area contributed by atoms with Crippen LogP contribution in [0, 0.1) is 0 Å². The summed E-state index contributed by atoms with van der Waals surface area (Å²) >= 11 is 0. The van der Waals surface area contributed by atoms with Crippen molar-refractivity contribution in [1.82, 2.24) is 9.97 Å². The second-order valence-corrected chi connectivity index (χ2v) is 4.43. The highest BCUT2D eigenvalue weighted by Gasteiger charge is 2.22. The molecule has 1 aromatic heterocycles. The fraction of sp³-hybridized carbons (Fsp3) is 0.154. The predicted octanol–water partition coefficient (Wildman–Crippen LogP) is 1.28. The summed E-state index contributed by atoms with van der Waals surface area (Å²) in [6.45, 7) is 1.26. The Morgan fingerprint density at radius 3 is 2.79 bits per heavy atom. The molecule has 1 aliphatic rings. The minimum Gasteiger partial charge on any atom is -0.478 e. The number of nitrogens with zero attached hydrogens (tertiary/aromatic N) is 3. The molecule has 0 radical (unpaired) electrons. The Kier molecular flexibility index (Phi) is 2.56. The summed E-state index contributed by atoms with van der Waals surface area (Å²) in [4.78, 5) is 21.3. The van der Waals surface area contributed by atoms with Crippen molar-refractivity contribution >= 4 is 17.7 Å². The molecule has 0 saturated carbocycles. The molecule has 0 fully saturated rings. The molecule has 0 spiro atoms. The largest absolute Gasteiger partial charge is 0.478 e. The van der Waals surface area contributed by atoms with Crippen molar-refractivity contribution in [2.45, 2.75) is 13.1 Å². The maximum atomic E-state index is 10.9. The van der Waals surface area contributed by atoms with E-state index in [9.17, 15) is 4.79 Å². The molecule has 0 saturated heterocycles. The first-order valence-corrected chi connectivity index (χ1v) is 5.82. The lowest BCUT2D eigenvalue weighted by atomic mass is 10.1. The highest BCUT2D eigenvalue weighted by molar-refractivity contribution is 5.88. The normalized spacial score (nSPS) is 13.4. The van der Waals surface area contributed by atoms with Gasteiger partial charge in [0.15, 0.2) is 0 Å². The van der Waals surface area contributed by atoms with Gasteiger partial charge in [0, 0.05) is 19.3 Å². The molecule has 0 unspecified atom stereocenters. The number of benzene rings is 1. The summed E-state index contributed by atoms with van der Waals surface area (Å²) < 4.78 is 0. The van der Waals surface area contributed by atoms with Gasteiger partial charge in [-0.3, -0.25) is 0 Å². The van der Waals surface area contributed by atoms with Gasteiger partial charge < -0.3 is 15.7 Å². The molecular formula is C13H12N4O2. The van der Waals surface area contributed by atoms with Crippen LogP contribution in [-0.4, -0.2) is 21.0 Å². The lowest BCUT2D eigenvalue weighted by Gasteiger charge is -2.14. The second-order valence-electron chi connectivity index (χ2n) is 4.43. The number of fused-ring (bicyclic) bond motifs is 1. The number of carboxylic acids is 1. The molecule has 96 valence electrons. The highest BCUT2D eigenvalue weighted by Crippen LogP contribution is 2.26. The summed E-state index contributed by atoms with van der Waals surface area (Å²) in [6.07, 6.45) is 1.61. The van der Waals surface area contributed by atoms with Gasteiger partial charge >= 0.3 is 5.97 Å². The predicted molar refractivity (Wildman–Crippen MR) is 69.7 cm³/mol. The van der Waals surface area contributed by atoms with Crippen molar-refractivity contribution < 1.29 is 9.90 Å². The van der Waals surface area contributed by atoms with Crippen LogP contribution in [0.5, 0.6) is 0 Å². The molecule has 3 N–H and O–H groups in total. The van der Waals surface area contributed by atoms with Crippen molar-refractivity contribution in [2.75, 3.05) is 10.6 Å². The molecule has 19 heavy (non-hydrogen) atoms. The number of carboxylic acid groups (broad SMARTS) is 1. The first kappa shape index (κ1) is 11.5. The van der Waals surface area contributed by atoms with E-state index in [-0.39, 0.29) is 0 Å². The molecule has 3 rings (SSSR count). The Hall–Kier alpha value is -2.63. The van der Waals surface area contributed by atoms with Crippen LogP contribution < -0.4 is 10.6 Å². The maximum absolute atomic E-state index is 10.9. The first-order chi connectivity index (χ1) is 9.13. The van der Waals surface area contributed by atoms with Crippen LogP contribution in [-0.2, 0) is 13.1 Å². The van der Waals surface area contributed by atoms with Crippen molar-refractivity contribution in [3.63, 3.8) is 0 Å². The fourth-order valence-corrected chi connectivity index (χ4v) is 2.18. The summed E-state index contributed by atoms with van der Waals surface area (Å²) in [5.41, 5.74) is 8.02. The van der Waals surface area contributed by atoms with Crippen molar-refractivity contribution in [1.29, 1.82) is 0 Å². The minimum absolute atomic E-state index is 0.300. The van der Waals surface area contributed by atoms with Gasteiger partial charge in [-0.15, -0.1) is 0 Å². The third-order valence-corrected chi connectivity index (χ3v) is 3.12. The van der Waals surface area contributed by atoms with E-state index in [1.54, 1.807) is 24.4 Å². The number of anilines is 2. The molecule has 1 aromatic carbocycles. The number of aromatic nitrogens is 2. The quantitative estimate of drug-likeness (QED) is 0.840. The van der Waals surface area contributed by atoms with Crippen LogP contribution in [0.1, 0.15) is 21.5 Å². The average Bonchev–Trinajstić information content (AvgIpc) is 2.81. The van der Waals surface area contributed by atoms with E-state index in [2.05, 4.69) is 9.97 Å². The molecular weight excluding hydrogens is 244 g/mol. The van der Waals surface area contributed by atoms with E-state index in [0.29, 0.717) is 30.4 Å². The number of carbonyl (C=O) groups is 1. The Morgan fingerprint density at radius 2 is 2.05 bits per heavy atom. The maximum Gasteiger partial charge on any atom is 0.335 e. The standard InChI is InChI=1S/C13H12N4O2/c14-11-3-4-15-13(16-11)17-6-9-2-1-8(12(18)19)5-10(9)7-17/h1-5H,6-7H2,(H,18,19)(H2,14,15,16). The Balaban J connectivity index is 1.90. The topological polar surface area (TPSA) is 92.3 Å². The summed E-state index contributed by atoms with van der Waals surface area (Å²) in [6, 6.07) is 6.79. The smallest absolute Gasteiger partial charge is 0.335 e. The molecule has 6 heteroatoms. The summed E-state index contributed by atoms with van der Waals surface area (Å²) in [7, 11) is 0. The van der Waals surface area contributed by atoms with Crippen LogP contribution in [0.25, 0.3) is 0 Å². The van der Waals surface area contributed by atoms with Crippen LogP contribution in [0.3, 0.4) is 0 Å². The van der Waals surface area contributed by atoms with Gasteiger partial charge in [0.1, 0.15) is 5.82 Å². The molecule has 0 bridgehead atoms. The Morgan fingerprint density at radius 1 is 1.26 bits per heavy atom. The zero-order chi connectivity index (χ0) is 13.4. The summed E-state index contributed by atoms with van der Waals surface area (Å²) in [5, 5.41) is 8.98. The number of hydrogen-bond acceptors (Lipinski definition) is 5. The van der Waals surface area contributed by atoms with Gasteiger partial charge in [-0.05, 0) is 29.3 Å².